The molecule has 0 radical (unpaired) electrons. The molecule has 12 heteroatoms. The van der Waals surface area contributed by atoms with E-state index in [2.05, 4.69) is 4.74 Å². The van der Waals surface area contributed by atoms with E-state index in [0.29, 0.717) is 5.56 Å². The van der Waals surface area contributed by atoms with Crippen LogP contribution in [0.3, 0.4) is 0 Å². The van der Waals surface area contributed by atoms with Crippen LogP contribution >= 0.6 is 0 Å². The van der Waals surface area contributed by atoms with Gasteiger partial charge in [-0.3, -0.25) is 9.10 Å². The highest BCUT2D eigenvalue weighted by Gasteiger charge is 2.57. The summed E-state index contributed by atoms with van der Waals surface area (Å²) in [4.78, 5) is 12.7. The number of fused-ring (bicyclic) bond motifs is 1. The average Bonchev–Trinajstić information content (AvgIpc) is 2.90. The Morgan fingerprint density at radius 1 is 1.12 bits per heavy atom. The van der Waals surface area contributed by atoms with Crippen LogP contribution in [0, 0.1) is 18.2 Å². The Morgan fingerprint density at radius 3 is 2.50 bits per heavy atom. The summed E-state index contributed by atoms with van der Waals surface area (Å²) in [7, 11) is -4.17. The van der Waals surface area contributed by atoms with Crippen LogP contribution in [0.5, 0.6) is 11.5 Å². The molecule has 1 atom stereocenters. The zero-order valence-electron chi connectivity index (χ0n) is 22.9. The molecule has 5 rings (SSSR count). The lowest BCUT2D eigenvalue weighted by Gasteiger charge is -2.52. The van der Waals surface area contributed by atoms with Gasteiger partial charge in [0, 0.05) is 11.5 Å². The maximum atomic E-state index is 14.3. The van der Waals surface area contributed by atoms with Crippen LogP contribution in [-0.4, -0.2) is 55.9 Å². The lowest BCUT2D eigenvalue weighted by Crippen LogP contribution is -2.59. The molecule has 0 saturated heterocycles. The SMILES string of the molecule is CC(=O)C1(C[C@H]2CN(S(=O)(=O)c3cccc(C)c3)c3cc(-c4cc(F)cc(OC(F)F)c4)ccc3O2)CC(O)(CO)C1. The standard InChI is InChI=1S/C30H30F3NO7S/c1-18-4-3-5-25(8-18)42(38,39)34-14-24(13-29(19(2)36)15-30(37,16-29)17-35)40-27-7-6-20(11-26(27)34)21-9-22(31)12-23(10-21)41-28(32)33/h3-12,24,28,35,37H,13-17H2,1-2H3/t24-,29?,30?/m0/s1. The van der Waals surface area contributed by atoms with Crippen molar-refractivity contribution < 1.29 is 46.1 Å². The molecule has 1 aliphatic carbocycles. The summed E-state index contributed by atoms with van der Waals surface area (Å²) in [6.45, 7) is -0.692. The van der Waals surface area contributed by atoms with Crippen LogP contribution in [0.15, 0.2) is 65.6 Å². The number of hydrogen-bond acceptors (Lipinski definition) is 7. The summed E-state index contributed by atoms with van der Waals surface area (Å²) in [6.07, 6.45) is -0.644. The number of carbonyl (C=O) groups is 1. The van der Waals surface area contributed by atoms with Gasteiger partial charge < -0.3 is 19.7 Å². The second-order valence-corrected chi connectivity index (χ2v) is 13.0. The normalized spacial score (nSPS) is 23.6. The van der Waals surface area contributed by atoms with Gasteiger partial charge >= 0.3 is 6.61 Å². The fourth-order valence-corrected chi connectivity index (χ4v) is 7.53. The van der Waals surface area contributed by atoms with Gasteiger partial charge in [0.1, 0.15) is 29.2 Å². The van der Waals surface area contributed by atoms with E-state index < -0.39 is 51.9 Å². The number of anilines is 1. The van der Waals surface area contributed by atoms with Crippen LogP contribution < -0.4 is 13.8 Å². The van der Waals surface area contributed by atoms with E-state index in [-0.39, 0.29) is 53.5 Å². The van der Waals surface area contributed by atoms with E-state index >= 15 is 0 Å². The maximum absolute atomic E-state index is 14.3. The van der Waals surface area contributed by atoms with Gasteiger partial charge in [0.15, 0.2) is 0 Å². The molecule has 0 bridgehead atoms. The topological polar surface area (TPSA) is 113 Å². The Bertz CT molecular complexity index is 1620. The van der Waals surface area contributed by atoms with Gasteiger partial charge in [0.2, 0.25) is 0 Å². The summed E-state index contributed by atoms with van der Waals surface area (Å²) in [5.74, 6) is -1.23. The van der Waals surface area contributed by atoms with Crippen molar-refractivity contribution in [3.05, 3.63) is 72.0 Å². The first-order chi connectivity index (χ1) is 19.7. The number of carbonyl (C=O) groups excluding carboxylic acids is 1. The van der Waals surface area contributed by atoms with E-state index in [9.17, 15) is 36.6 Å². The Labute approximate surface area is 241 Å². The van der Waals surface area contributed by atoms with Gasteiger partial charge in [-0.15, -0.1) is 0 Å². The Balaban J connectivity index is 1.57. The molecule has 1 aliphatic heterocycles. The molecule has 224 valence electrons. The molecule has 8 nitrogen and oxygen atoms in total. The molecular formula is C30H30F3NO7S. The third-order valence-corrected chi connectivity index (χ3v) is 9.67. The number of ether oxygens (including phenoxy) is 2. The Kier molecular flexibility index (Phi) is 7.75. The molecule has 42 heavy (non-hydrogen) atoms. The van der Waals surface area contributed by atoms with Crippen molar-refractivity contribution in [3.8, 4) is 22.6 Å². The second kappa shape index (κ2) is 10.9. The summed E-state index contributed by atoms with van der Waals surface area (Å²) in [5.41, 5.74) is -1.03. The van der Waals surface area contributed by atoms with Crippen molar-refractivity contribution in [2.24, 2.45) is 5.41 Å². The van der Waals surface area contributed by atoms with Crippen LogP contribution in [0.25, 0.3) is 11.1 Å². The first-order valence-electron chi connectivity index (χ1n) is 13.2. The van der Waals surface area contributed by atoms with Crippen molar-refractivity contribution in [1.82, 2.24) is 0 Å². The molecule has 1 saturated carbocycles. The third-order valence-electron chi connectivity index (χ3n) is 7.89. The second-order valence-electron chi connectivity index (χ2n) is 11.1. The molecular weight excluding hydrogens is 575 g/mol. The van der Waals surface area contributed by atoms with E-state index in [1.807, 2.05) is 0 Å². The van der Waals surface area contributed by atoms with Crippen LogP contribution in [0.4, 0.5) is 18.9 Å². The van der Waals surface area contributed by atoms with Gasteiger partial charge in [-0.05, 0) is 86.2 Å². The minimum Gasteiger partial charge on any atom is -0.486 e. The number of aliphatic hydroxyl groups is 2. The average molecular weight is 606 g/mol. The number of Topliss-reactive ketones (excluding diaryl/α,β-unsaturated/α-hetero) is 1. The first-order valence-corrected chi connectivity index (χ1v) is 14.7. The molecule has 1 heterocycles. The lowest BCUT2D eigenvalue weighted by atomic mass is 9.55. The van der Waals surface area contributed by atoms with Gasteiger partial charge in [0.25, 0.3) is 10.0 Å². The first kappa shape index (κ1) is 29.9. The number of sulfonamides is 1. The Morgan fingerprint density at radius 2 is 1.86 bits per heavy atom. The highest BCUT2D eigenvalue weighted by molar-refractivity contribution is 7.92. The number of aliphatic hydroxyl groups excluding tert-OH is 1. The molecule has 2 N–H and O–H groups in total. The number of nitrogens with zero attached hydrogens (tertiary/aromatic N) is 1. The minimum absolute atomic E-state index is 0.0186. The number of hydrogen-bond donors (Lipinski definition) is 2. The van der Waals surface area contributed by atoms with E-state index in [0.717, 1.165) is 22.0 Å². The monoisotopic (exact) mass is 605 g/mol. The van der Waals surface area contributed by atoms with E-state index in [4.69, 9.17) is 4.74 Å². The third kappa shape index (κ3) is 5.70. The fourth-order valence-electron chi connectivity index (χ4n) is 5.92. The number of rotatable bonds is 9. The fraction of sp³-hybridized carbons (Fsp3) is 0.367. The quantitative estimate of drug-likeness (QED) is 0.359. The van der Waals surface area contributed by atoms with Crippen LogP contribution in [0.2, 0.25) is 0 Å². The number of alkyl halides is 2. The van der Waals surface area contributed by atoms with Crippen molar-refractivity contribution in [2.45, 2.75) is 56.3 Å². The van der Waals surface area contributed by atoms with E-state index in [1.165, 1.54) is 43.3 Å². The molecule has 1 fully saturated rings. The minimum atomic E-state index is -4.17. The van der Waals surface area contributed by atoms with Crippen molar-refractivity contribution in [2.75, 3.05) is 17.5 Å². The molecule has 0 spiro atoms. The zero-order chi connectivity index (χ0) is 30.4. The number of aryl methyl sites for hydroxylation is 1. The van der Waals surface area contributed by atoms with Crippen LogP contribution in [-0.2, 0) is 14.8 Å². The summed E-state index contributed by atoms with van der Waals surface area (Å²) >= 11 is 0. The van der Waals surface area contributed by atoms with Crippen molar-refractivity contribution >= 4 is 21.5 Å². The van der Waals surface area contributed by atoms with Crippen LogP contribution in [0.1, 0.15) is 31.7 Å². The van der Waals surface area contributed by atoms with Crippen molar-refractivity contribution in [3.63, 3.8) is 0 Å². The molecule has 3 aromatic rings. The van der Waals surface area contributed by atoms with Gasteiger partial charge in [-0.2, -0.15) is 8.78 Å². The summed E-state index contributed by atoms with van der Waals surface area (Å²) < 4.78 is 79.7. The molecule has 2 aliphatic rings. The Hall–Kier alpha value is -3.61. The maximum Gasteiger partial charge on any atom is 0.387 e. The van der Waals surface area contributed by atoms with Gasteiger partial charge in [0.05, 0.1) is 29.3 Å². The summed E-state index contributed by atoms with van der Waals surface area (Å²) in [6, 6.07) is 14.0. The van der Waals surface area contributed by atoms with Crippen molar-refractivity contribution in [1.29, 1.82) is 0 Å². The smallest absolute Gasteiger partial charge is 0.387 e. The number of benzene rings is 3. The highest BCUT2D eigenvalue weighted by atomic mass is 32.2. The molecule has 3 aromatic carbocycles. The summed E-state index contributed by atoms with van der Waals surface area (Å²) in [5, 5.41) is 20.0. The molecule has 0 aromatic heterocycles. The molecule has 0 amide bonds. The predicted molar refractivity (Wildman–Crippen MR) is 148 cm³/mol. The predicted octanol–water partition coefficient (Wildman–Crippen LogP) is 4.84. The highest BCUT2D eigenvalue weighted by Crippen LogP contribution is 2.53. The zero-order valence-corrected chi connectivity index (χ0v) is 23.7. The lowest BCUT2D eigenvalue weighted by molar-refractivity contribution is -0.176. The number of halogens is 3. The van der Waals surface area contributed by atoms with E-state index in [1.54, 1.807) is 19.1 Å². The number of ketones is 1. The van der Waals surface area contributed by atoms with Gasteiger partial charge in [-0.1, -0.05) is 18.2 Å². The molecule has 0 unspecified atom stereocenters. The largest absolute Gasteiger partial charge is 0.486 e. The van der Waals surface area contributed by atoms with Gasteiger partial charge in [-0.25, -0.2) is 12.8 Å².